The van der Waals surface area contributed by atoms with Crippen LogP contribution in [0, 0.1) is 29.6 Å². The lowest BCUT2D eigenvalue weighted by Crippen LogP contribution is -2.61. The number of allylic oxidation sites excluding steroid dienone is 5. The van der Waals surface area contributed by atoms with E-state index in [0.29, 0.717) is 51.4 Å². The normalized spacial score (nSPS) is 40.2. The molecule has 15 nitrogen and oxygen atoms in total. The molecule has 4 rings (SSSR count). The van der Waals surface area contributed by atoms with E-state index in [4.69, 9.17) is 29.4 Å². The number of ketones is 2. The summed E-state index contributed by atoms with van der Waals surface area (Å²) in [5.74, 6) is -7.76. The Morgan fingerprint density at radius 2 is 1.52 bits per heavy atom. The summed E-state index contributed by atoms with van der Waals surface area (Å²) in [6, 6.07) is -1.92. The van der Waals surface area contributed by atoms with E-state index in [0.717, 1.165) is 18.4 Å². The minimum absolute atomic E-state index is 0.0299. The predicted molar refractivity (Wildman–Crippen MR) is 245 cm³/mol. The number of carbonyl (C=O) groups excluding carboxylic acids is 4. The number of aliphatic hydroxyl groups excluding tert-OH is 3. The van der Waals surface area contributed by atoms with Gasteiger partial charge < -0.3 is 54.7 Å². The van der Waals surface area contributed by atoms with Gasteiger partial charge in [0.05, 0.1) is 30.5 Å². The highest BCUT2D eigenvalue weighted by molar-refractivity contribution is 6.39. The van der Waals surface area contributed by atoms with Crippen LogP contribution in [0.2, 0.25) is 0 Å². The van der Waals surface area contributed by atoms with Crippen LogP contribution in [0.3, 0.4) is 0 Å². The van der Waals surface area contributed by atoms with Gasteiger partial charge in [-0.2, -0.15) is 0 Å². The number of aliphatic hydroxyl groups is 4. The zero-order chi connectivity index (χ0) is 48.2. The first kappa shape index (κ1) is 54.5. The van der Waals surface area contributed by atoms with E-state index in [1.807, 2.05) is 44.2 Å². The predicted octanol–water partition coefficient (Wildman–Crippen LogP) is 4.66. The average Bonchev–Trinajstić information content (AvgIpc) is 3.29. The largest absolute Gasteiger partial charge is 0.459 e. The fourth-order valence-electron chi connectivity index (χ4n) is 10.1. The number of cyclic esters (lactones) is 1. The molecule has 2 saturated heterocycles. The van der Waals surface area contributed by atoms with Gasteiger partial charge in [0.25, 0.3) is 11.7 Å². The van der Waals surface area contributed by atoms with Crippen LogP contribution in [-0.2, 0) is 42.9 Å². The number of hydrogen-bond donors (Lipinski definition) is 5. The van der Waals surface area contributed by atoms with E-state index in [2.05, 4.69) is 0 Å². The van der Waals surface area contributed by atoms with Gasteiger partial charge in [-0.3, -0.25) is 14.4 Å². The molecule has 3 heterocycles. The van der Waals surface area contributed by atoms with E-state index >= 15 is 0 Å². The molecule has 1 aliphatic carbocycles. The number of nitrogens with two attached hydrogens (primary N) is 1. The standard InChI is InChI=1S/C50H80N2O13/c1-29-15-11-10-12-16-30(2)41(62-8)27-36-20-18-34(6)50(60,65-36)47(57)48(58)52-22-14-13-17-38(52)49(59)64-42(37(51)25-35-19-21-40(61-7)43(26-35)63-9)28-39(53)31(3)24-33(5)45(55)46(56)44(54)32(4)23-29/h10-12,15-16,24,29,31-32,34-43,45-46,53,55-56,60H,13-14,17-23,25-28,51H2,1-9H3/b12-10?,15-11+,30-16?,33-24+/t29-,31-,32-,34-,35?,36+,37-,38+,39-,40-,41+,42+,43-,45-,46+,50-/m1/s1. The molecule has 6 N–H and O–H groups in total. The lowest BCUT2D eigenvalue weighted by Gasteiger charge is -2.42. The van der Waals surface area contributed by atoms with Crippen LogP contribution in [0.1, 0.15) is 119 Å². The smallest absolute Gasteiger partial charge is 0.329 e. The van der Waals surface area contributed by atoms with Crippen LogP contribution in [0.5, 0.6) is 0 Å². The fourth-order valence-corrected chi connectivity index (χ4v) is 10.1. The minimum Gasteiger partial charge on any atom is -0.459 e. The van der Waals surface area contributed by atoms with Crippen molar-refractivity contribution >= 4 is 23.4 Å². The molecule has 0 aromatic carbocycles. The quantitative estimate of drug-likeness (QED) is 0.139. The Morgan fingerprint density at radius 1 is 0.815 bits per heavy atom. The molecule has 0 spiro atoms. The fraction of sp³-hybridized carbons (Fsp3) is 0.760. The summed E-state index contributed by atoms with van der Waals surface area (Å²) >= 11 is 0. The third-order valence-electron chi connectivity index (χ3n) is 14.5. The molecule has 1 amide bonds. The summed E-state index contributed by atoms with van der Waals surface area (Å²) in [6.07, 6.45) is 9.81. The number of nitrogens with zero attached hydrogens (tertiary/aromatic N) is 1. The van der Waals surface area contributed by atoms with E-state index in [9.17, 15) is 39.6 Å². The Bertz CT molecular complexity index is 1710. The Hall–Kier alpha value is -3.12. The summed E-state index contributed by atoms with van der Waals surface area (Å²) in [7, 11) is 4.86. The summed E-state index contributed by atoms with van der Waals surface area (Å²) in [6.45, 7) is 10.6. The number of hydrogen-bond acceptors (Lipinski definition) is 14. The van der Waals surface area contributed by atoms with E-state index in [1.54, 1.807) is 55.1 Å². The third-order valence-corrected chi connectivity index (χ3v) is 14.5. The number of ether oxygens (including phenoxy) is 5. The second kappa shape index (κ2) is 25.3. The molecule has 1 saturated carbocycles. The van der Waals surface area contributed by atoms with Crippen molar-refractivity contribution < 1.29 is 63.3 Å². The summed E-state index contributed by atoms with van der Waals surface area (Å²) < 4.78 is 29.5. The zero-order valence-electron chi connectivity index (χ0n) is 40.3. The van der Waals surface area contributed by atoms with E-state index in [-0.39, 0.29) is 49.0 Å². The first-order valence-electron chi connectivity index (χ1n) is 23.8. The number of methoxy groups -OCH3 is 3. The van der Waals surface area contributed by atoms with Crippen molar-refractivity contribution in [1.82, 2.24) is 4.90 Å². The number of carbonyl (C=O) groups is 4. The Labute approximate surface area is 386 Å². The van der Waals surface area contributed by atoms with Crippen LogP contribution in [0.15, 0.2) is 47.6 Å². The molecule has 0 radical (unpaired) electrons. The summed E-state index contributed by atoms with van der Waals surface area (Å²) in [5, 5.41) is 45.8. The lowest BCUT2D eigenvalue weighted by molar-refractivity contribution is -0.265. The maximum atomic E-state index is 14.3. The molecule has 368 valence electrons. The van der Waals surface area contributed by atoms with E-state index < -0.39 is 95.7 Å². The van der Waals surface area contributed by atoms with Crippen molar-refractivity contribution in [2.45, 2.75) is 185 Å². The van der Waals surface area contributed by atoms with Gasteiger partial charge in [0.2, 0.25) is 5.79 Å². The van der Waals surface area contributed by atoms with E-state index in [1.165, 1.54) is 4.90 Å². The Kier molecular flexibility index (Phi) is 21.2. The van der Waals surface area contributed by atoms with Crippen LogP contribution in [0.25, 0.3) is 0 Å². The van der Waals surface area contributed by atoms with Crippen molar-refractivity contribution in [1.29, 1.82) is 0 Å². The Balaban J connectivity index is 1.69. The van der Waals surface area contributed by atoms with Crippen molar-refractivity contribution in [3.05, 3.63) is 47.6 Å². The number of esters is 1. The molecular weight excluding hydrogens is 837 g/mol. The molecule has 15 heteroatoms. The molecule has 1 unspecified atom stereocenters. The highest BCUT2D eigenvalue weighted by Gasteiger charge is 2.53. The molecule has 65 heavy (non-hydrogen) atoms. The van der Waals surface area contributed by atoms with Crippen molar-refractivity contribution in [3.63, 3.8) is 0 Å². The van der Waals surface area contributed by atoms with Crippen LogP contribution in [-0.4, -0.2) is 143 Å². The molecule has 0 aromatic rings. The second-order valence-electron chi connectivity index (χ2n) is 19.5. The van der Waals surface area contributed by atoms with Gasteiger partial charge in [-0.05, 0) is 101 Å². The number of rotatable bonds is 6. The lowest BCUT2D eigenvalue weighted by atomic mass is 9.80. The highest BCUT2D eigenvalue weighted by Crippen LogP contribution is 2.37. The first-order valence-corrected chi connectivity index (χ1v) is 23.8. The van der Waals surface area contributed by atoms with Crippen molar-refractivity contribution in [2.24, 2.45) is 35.3 Å². The topological polar surface area (TPSA) is 225 Å². The maximum absolute atomic E-state index is 14.3. The number of piperidine rings is 1. The van der Waals surface area contributed by atoms with Crippen molar-refractivity contribution in [3.8, 4) is 0 Å². The summed E-state index contributed by atoms with van der Waals surface area (Å²) in [5.41, 5.74) is 8.06. The zero-order valence-corrected chi connectivity index (χ0v) is 40.3. The monoisotopic (exact) mass is 917 g/mol. The average molecular weight is 917 g/mol. The van der Waals surface area contributed by atoms with Gasteiger partial charge in [0.15, 0.2) is 5.78 Å². The van der Waals surface area contributed by atoms with Gasteiger partial charge in [-0.1, -0.05) is 64.2 Å². The molecular formula is C50H80N2O13. The van der Waals surface area contributed by atoms with Gasteiger partial charge in [-0.25, -0.2) is 4.79 Å². The van der Waals surface area contributed by atoms with Gasteiger partial charge in [0.1, 0.15) is 24.4 Å². The van der Waals surface area contributed by atoms with Crippen molar-refractivity contribution in [2.75, 3.05) is 27.9 Å². The van der Waals surface area contributed by atoms with Gasteiger partial charge in [0, 0.05) is 64.5 Å². The number of Topliss-reactive ketones (excluding diaryl/α,β-unsaturated/α-hetero) is 2. The Morgan fingerprint density at radius 3 is 2.20 bits per heavy atom. The molecule has 3 fully saturated rings. The SMILES string of the molecule is CO[C@H]1C[C@@H]2CC[C@@H](C)[C@@](O)(O2)C(=O)C(=O)N2CCCC[C@H]2C(=O)O[C@H]([C@H](N)CC2CC[C@@H](OC)[C@H](OC)C2)C[C@@H](O)[C@H](C)/C=C(\C)[C@@H](O)[C@@H](O)C(=O)[C@H](C)C[C@H](C)/C=C/C=CC=C1C. The first-order chi connectivity index (χ1) is 30.7. The molecule has 0 aromatic heterocycles. The minimum atomic E-state index is -2.44. The maximum Gasteiger partial charge on any atom is 0.329 e. The van der Waals surface area contributed by atoms with Crippen LogP contribution >= 0.6 is 0 Å². The molecule has 3 aliphatic heterocycles. The highest BCUT2D eigenvalue weighted by atomic mass is 16.6. The number of fused-ring (bicyclic) bond motifs is 3. The second-order valence-corrected chi connectivity index (χ2v) is 19.5. The molecule has 16 atom stereocenters. The van der Waals surface area contributed by atoms with Gasteiger partial charge >= 0.3 is 5.97 Å². The number of amides is 1. The third kappa shape index (κ3) is 14.4. The van der Waals surface area contributed by atoms with Crippen LogP contribution in [0.4, 0.5) is 0 Å². The van der Waals surface area contributed by atoms with Crippen LogP contribution < -0.4 is 5.73 Å². The molecule has 4 aliphatic rings. The van der Waals surface area contributed by atoms with Gasteiger partial charge in [-0.15, -0.1) is 0 Å². The summed E-state index contributed by atoms with van der Waals surface area (Å²) in [4.78, 5) is 57.3. The molecule has 2 bridgehead atoms.